The largest absolute Gasteiger partial charge is 0.495 e. The summed E-state index contributed by atoms with van der Waals surface area (Å²) in [6, 6.07) is 19.9. The van der Waals surface area contributed by atoms with E-state index in [1.165, 1.54) is 7.11 Å². The highest BCUT2D eigenvalue weighted by Gasteiger charge is 2.21. The second kappa shape index (κ2) is 10.0. The summed E-state index contributed by atoms with van der Waals surface area (Å²) >= 11 is 5.49. The molecule has 32 heavy (non-hydrogen) atoms. The molecule has 0 aliphatic heterocycles. The Morgan fingerprint density at radius 3 is 2.22 bits per heavy atom. The third kappa shape index (κ3) is 5.57. The zero-order valence-corrected chi connectivity index (χ0v) is 20.1. The van der Waals surface area contributed by atoms with Crippen molar-refractivity contribution in [3.63, 3.8) is 0 Å². The number of hydrogen-bond acceptors (Lipinski definition) is 4. The van der Waals surface area contributed by atoms with Gasteiger partial charge in [0, 0.05) is 5.69 Å². The molecule has 0 aromatic heterocycles. The van der Waals surface area contributed by atoms with E-state index in [4.69, 9.17) is 17.0 Å². The number of para-hydroxylation sites is 3. The summed E-state index contributed by atoms with van der Waals surface area (Å²) in [5, 5.41) is 6.53. The SMILES string of the molecule is COc1ccccc1NS(=O)(=O)c1cc(C)ccc1NC(=S)Nc1ccccc1C(C)C. The van der Waals surface area contributed by atoms with Crippen molar-refractivity contribution in [2.45, 2.75) is 31.6 Å². The van der Waals surface area contributed by atoms with Crippen LogP contribution in [0, 0.1) is 6.92 Å². The van der Waals surface area contributed by atoms with E-state index in [9.17, 15) is 8.42 Å². The van der Waals surface area contributed by atoms with E-state index in [1.54, 1.807) is 36.4 Å². The maximum absolute atomic E-state index is 13.3. The quantitative estimate of drug-likeness (QED) is 0.383. The van der Waals surface area contributed by atoms with E-state index in [0.717, 1.165) is 16.8 Å². The topological polar surface area (TPSA) is 79.5 Å². The lowest BCUT2D eigenvalue weighted by Crippen LogP contribution is -2.23. The highest BCUT2D eigenvalue weighted by atomic mass is 32.2. The summed E-state index contributed by atoms with van der Waals surface area (Å²) in [5.41, 5.74) is 3.53. The standard InChI is InChI=1S/C24H27N3O3S2/c1-16(2)18-9-5-6-10-19(18)25-24(31)26-21-14-13-17(3)15-23(21)32(28,29)27-20-11-7-8-12-22(20)30-4/h5-16,27H,1-4H3,(H2,25,26,31). The summed E-state index contributed by atoms with van der Waals surface area (Å²) in [6.45, 7) is 6.04. The predicted octanol–water partition coefficient (Wildman–Crippen LogP) is 5.74. The molecule has 0 amide bonds. The van der Waals surface area contributed by atoms with Crippen LogP contribution in [0.25, 0.3) is 0 Å². The smallest absolute Gasteiger partial charge is 0.264 e. The number of anilines is 3. The number of rotatable bonds is 7. The first-order chi connectivity index (χ1) is 15.2. The van der Waals surface area contributed by atoms with Gasteiger partial charge < -0.3 is 15.4 Å². The van der Waals surface area contributed by atoms with Crippen LogP contribution in [0.4, 0.5) is 17.1 Å². The van der Waals surface area contributed by atoms with Crippen LogP contribution >= 0.6 is 12.2 Å². The van der Waals surface area contributed by atoms with Gasteiger partial charge in [0.25, 0.3) is 10.0 Å². The van der Waals surface area contributed by atoms with Crippen LogP contribution in [0.15, 0.2) is 71.6 Å². The molecule has 0 spiro atoms. The third-order valence-corrected chi connectivity index (χ3v) is 6.47. The van der Waals surface area contributed by atoms with Crippen molar-refractivity contribution in [3.05, 3.63) is 77.9 Å². The second-order valence-corrected chi connectivity index (χ2v) is 9.69. The van der Waals surface area contributed by atoms with Crippen molar-refractivity contribution >= 4 is 44.4 Å². The van der Waals surface area contributed by atoms with Gasteiger partial charge in [0.1, 0.15) is 10.6 Å². The van der Waals surface area contributed by atoms with E-state index < -0.39 is 10.0 Å². The summed E-state index contributed by atoms with van der Waals surface area (Å²) in [6.07, 6.45) is 0. The van der Waals surface area contributed by atoms with Gasteiger partial charge in [0.05, 0.1) is 18.5 Å². The number of benzene rings is 3. The normalized spacial score (nSPS) is 11.2. The molecule has 0 aliphatic rings. The van der Waals surface area contributed by atoms with E-state index in [0.29, 0.717) is 28.2 Å². The third-order valence-electron chi connectivity index (χ3n) is 4.86. The van der Waals surface area contributed by atoms with E-state index in [-0.39, 0.29) is 4.90 Å². The maximum atomic E-state index is 13.3. The van der Waals surface area contributed by atoms with Crippen molar-refractivity contribution < 1.29 is 13.2 Å². The molecule has 0 unspecified atom stereocenters. The molecule has 0 heterocycles. The molecular weight excluding hydrogens is 442 g/mol. The molecule has 3 aromatic rings. The van der Waals surface area contributed by atoms with Crippen LogP contribution < -0.4 is 20.1 Å². The fourth-order valence-electron chi connectivity index (χ4n) is 3.27. The fraction of sp³-hybridized carbons (Fsp3) is 0.208. The van der Waals surface area contributed by atoms with Gasteiger partial charge in [0.15, 0.2) is 5.11 Å². The molecule has 0 fully saturated rings. The van der Waals surface area contributed by atoms with Crippen LogP contribution in [0.3, 0.4) is 0 Å². The molecule has 0 saturated carbocycles. The highest BCUT2D eigenvalue weighted by Crippen LogP contribution is 2.30. The fourth-order valence-corrected chi connectivity index (χ4v) is 4.81. The number of methoxy groups -OCH3 is 1. The average Bonchev–Trinajstić information content (AvgIpc) is 2.75. The minimum Gasteiger partial charge on any atom is -0.495 e. The van der Waals surface area contributed by atoms with Gasteiger partial charge in [-0.25, -0.2) is 8.42 Å². The Morgan fingerprint density at radius 1 is 0.906 bits per heavy atom. The summed E-state index contributed by atoms with van der Waals surface area (Å²) < 4.78 is 34.4. The molecule has 0 saturated heterocycles. The lowest BCUT2D eigenvalue weighted by atomic mass is 10.0. The van der Waals surface area contributed by atoms with Crippen LogP contribution in [-0.2, 0) is 10.0 Å². The average molecular weight is 470 g/mol. The minimum atomic E-state index is -3.92. The van der Waals surface area contributed by atoms with Crippen LogP contribution in [0.2, 0.25) is 0 Å². The number of aryl methyl sites for hydroxylation is 1. The Hall–Kier alpha value is -3.10. The summed E-state index contributed by atoms with van der Waals surface area (Å²) in [5.74, 6) is 0.739. The van der Waals surface area contributed by atoms with Crippen LogP contribution in [0.1, 0.15) is 30.9 Å². The Kier molecular flexibility index (Phi) is 7.37. The first-order valence-corrected chi connectivity index (χ1v) is 12.0. The Bertz CT molecular complexity index is 1220. The predicted molar refractivity (Wildman–Crippen MR) is 135 cm³/mol. The van der Waals surface area contributed by atoms with E-state index in [2.05, 4.69) is 29.2 Å². The molecule has 6 nitrogen and oxygen atoms in total. The maximum Gasteiger partial charge on any atom is 0.264 e. The van der Waals surface area contributed by atoms with E-state index in [1.807, 2.05) is 37.3 Å². The molecule has 0 atom stereocenters. The highest BCUT2D eigenvalue weighted by molar-refractivity contribution is 7.93. The van der Waals surface area contributed by atoms with Gasteiger partial charge in [0.2, 0.25) is 0 Å². The van der Waals surface area contributed by atoms with Gasteiger partial charge in [-0.2, -0.15) is 0 Å². The second-order valence-electron chi connectivity index (χ2n) is 7.63. The molecule has 0 aliphatic carbocycles. The Morgan fingerprint density at radius 2 is 1.53 bits per heavy atom. The molecule has 0 radical (unpaired) electrons. The summed E-state index contributed by atoms with van der Waals surface area (Å²) in [4.78, 5) is 0.0877. The van der Waals surface area contributed by atoms with Crippen LogP contribution in [0.5, 0.6) is 5.75 Å². The number of sulfonamides is 1. The summed E-state index contributed by atoms with van der Waals surface area (Å²) in [7, 11) is -2.43. The molecule has 8 heteroatoms. The van der Waals surface area contributed by atoms with Gasteiger partial charge in [-0.1, -0.05) is 50.2 Å². The van der Waals surface area contributed by atoms with E-state index >= 15 is 0 Å². The van der Waals surface area contributed by atoms with Crippen molar-refractivity contribution in [1.82, 2.24) is 0 Å². The molecule has 3 rings (SSSR count). The number of ether oxygens (including phenoxy) is 1. The zero-order chi connectivity index (χ0) is 23.3. The molecule has 3 N–H and O–H groups in total. The van der Waals surface area contributed by atoms with Gasteiger partial charge >= 0.3 is 0 Å². The van der Waals surface area contributed by atoms with Gasteiger partial charge in [-0.3, -0.25) is 4.72 Å². The first kappa shape index (κ1) is 23.6. The van der Waals surface area contributed by atoms with Crippen molar-refractivity contribution in [2.75, 3.05) is 22.5 Å². The lowest BCUT2D eigenvalue weighted by molar-refractivity contribution is 0.417. The van der Waals surface area contributed by atoms with Gasteiger partial charge in [-0.15, -0.1) is 0 Å². The lowest BCUT2D eigenvalue weighted by Gasteiger charge is -2.18. The molecular formula is C24H27N3O3S2. The van der Waals surface area contributed by atoms with Crippen molar-refractivity contribution in [1.29, 1.82) is 0 Å². The zero-order valence-electron chi connectivity index (χ0n) is 18.5. The van der Waals surface area contributed by atoms with Crippen LogP contribution in [-0.4, -0.2) is 20.6 Å². The number of nitrogens with one attached hydrogen (secondary N) is 3. The number of hydrogen-bond donors (Lipinski definition) is 3. The first-order valence-electron chi connectivity index (χ1n) is 10.1. The minimum absolute atomic E-state index is 0.0877. The molecule has 3 aromatic carbocycles. The Labute approximate surface area is 195 Å². The Balaban J connectivity index is 1.89. The monoisotopic (exact) mass is 469 g/mol. The van der Waals surface area contributed by atoms with Crippen molar-refractivity contribution in [2.24, 2.45) is 0 Å². The van der Waals surface area contributed by atoms with Gasteiger partial charge in [-0.05, 0) is 66.5 Å². The number of thiocarbonyl (C=S) groups is 1. The molecule has 168 valence electrons. The molecule has 0 bridgehead atoms. The van der Waals surface area contributed by atoms with Crippen molar-refractivity contribution in [3.8, 4) is 5.75 Å².